The van der Waals surface area contributed by atoms with Crippen LogP contribution < -0.4 is 5.32 Å². The number of carbonyl (C=O) groups is 1. The minimum atomic E-state index is -3.94. The summed E-state index contributed by atoms with van der Waals surface area (Å²) in [5.74, 6) is -0.523. The highest BCUT2D eigenvalue weighted by atomic mass is 79.9. The highest BCUT2D eigenvalue weighted by molar-refractivity contribution is 9.11. The van der Waals surface area contributed by atoms with Gasteiger partial charge in [0.1, 0.15) is 5.75 Å². The number of phenolic OH excluding ortho intramolecular Hbond substituents is 1. The monoisotopic (exact) mass is 530 g/mol. The number of nitrogens with one attached hydrogen (secondary N) is 1. The number of benzene rings is 2. The molecule has 140 valence electrons. The van der Waals surface area contributed by atoms with Crippen LogP contribution in [0.4, 0.5) is 0 Å². The number of aromatic hydroxyl groups is 1. The highest BCUT2D eigenvalue weighted by Gasteiger charge is 2.27. The van der Waals surface area contributed by atoms with Crippen LogP contribution in [0.5, 0.6) is 5.75 Å². The minimum absolute atomic E-state index is 0.0308. The average Bonchev–Trinajstić information content (AvgIpc) is 2.91. The maximum atomic E-state index is 12.4. The van der Waals surface area contributed by atoms with E-state index in [1.54, 1.807) is 24.3 Å². The van der Waals surface area contributed by atoms with E-state index in [2.05, 4.69) is 41.6 Å². The van der Waals surface area contributed by atoms with Crippen molar-refractivity contribution < 1.29 is 18.3 Å². The first-order valence-corrected chi connectivity index (χ1v) is 11.3. The molecule has 0 aliphatic carbocycles. The fourth-order valence-electron chi connectivity index (χ4n) is 2.18. The second-order valence-corrected chi connectivity index (χ2v) is 9.98. The van der Waals surface area contributed by atoms with Crippen LogP contribution in [-0.2, 0) is 14.8 Å². The lowest BCUT2D eigenvalue weighted by Crippen LogP contribution is -2.20. The molecule has 6 nitrogen and oxygen atoms in total. The van der Waals surface area contributed by atoms with E-state index < -0.39 is 15.9 Å². The number of carbonyl (C=O) groups excluding carboxylic acids is 1. The molecule has 2 N–H and O–H groups in total. The maximum Gasteiger partial charge on any atom is 0.284 e. The number of thioether (sulfide) groups is 1. The van der Waals surface area contributed by atoms with Crippen molar-refractivity contribution in [2.45, 2.75) is 11.8 Å². The van der Waals surface area contributed by atoms with Gasteiger partial charge in [-0.25, -0.2) is 0 Å². The number of amidine groups is 1. The summed E-state index contributed by atoms with van der Waals surface area (Å²) in [5.41, 5.74) is 1.33. The summed E-state index contributed by atoms with van der Waals surface area (Å²) in [7, 11) is -3.94. The van der Waals surface area contributed by atoms with Crippen molar-refractivity contribution in [1.82, 2.24) is 5.32 Å². The molecule has 0 spiro atoms. The van der Waals surface area contributed by atoms with Gasteiger partial charge in [-0.1, -0.05) is 33.6 Å². The van der Waals surface area contributed by atoms with Gasteiger partial charge in [0.15, 0.2) is 5.17 Å². The molecule has 27 heavy (non-hydrogen) atoms. The summed E-state index contributed by atoms with van der Waals surface area (Å²) < 4.78 is 29.7. The SMILES string of the molecule is Cc1ccc(S(=O)(=O)/N=C2/NC(=O)/C(=C\c3cc(Br)cc(Br)c3O)S2)cc1. The number of amides is 1. The Morgan fingerprint density at radius 1 is 1.19 bits per heavy atom. The van der Waals surface area contributed by atoms with Gasteiger partial charge >= 0.3 is 0 Å². The van der Waals surface area contributed by atoms with E-state index in [1.165, 1.54) is 18.2 Å². The predicted molar refractivity (Wildman–Crippen MR) is 113 cm³/mol. The predicted octanol–water partition coefficient (Wildman–Crippen LogP) is 4.17. The molecule has 2 aromatic rings. The molecule has 2 aromatic carbocycles. The number of halogens is 2. The molecular weight excluding hydrogens is 520 g/mol. The number of aryl methyl sites for hydroxylation is 1. The second kappa shape index (κ2) is 7.78. The lowest BCUT2D eigenvalue weighted by Gasteiger charge is -2.03. The molecule has 1 aliphatic rings. The van der Waals surface area contributed by atoms with E-state index >= 15 is 0 Å². The van der Waals surface area contributed by atoms with Gasteiger partial charge in [-0.05, 0) is 65.0 Å². The Kier molecular flexibility index (Phi) is 5.80. The third kappa shape index (κ3) is 4.63. The summed E-state index contributed by atoms with van der Waals surface area (Å²) in [4.78, 5) is 12.4. The van der Waals surface area contributed by atoms with Gasteiger partial charge in [0.2, 0.25) is 0 Å². The number of hydrogen-bond donors (Lipinski definition) is 2. The smallest absolute Gasteiger partial charge is 0.284 e. The molecule has 1 amide bonds. The van der Waals surface area contributed by atoms with Crippen molar-refractivity contribution in [3.63, 3.8) is 0 Å². The van der Waals surface area contributed by atoms with Crippen molar-refractivity contribution in [2.75, 3.05) is 0 Å². The Bertz CT molecular complexity index is 1090. The molecule has 1 saturated heterocycles. The van der Waals surface area contributed by atoms with Crippen LogP contribution in [0.1, 0.15) is 11.1 Å². The van der Waals surface area contributed by atoms with E-state index in [-0.39, 0.29) is 20.7 Å². The van der Waals surface area contributed by atoms with Crippen LogP contribution in [0.25, 0.3) is 6.08 Å². The van der Waals surface area contributed by atoms with Crippen LogP contribution in [0.2, 0.25) is 0 Å². The molecule has 1 fully saturated rings. The van der Waals surface area contributed by atoms with Crippen molar-refractivity contribution in [3.05, 3.63) is 61.4 Å². The average molecular weight is 532 g/mol. The number of nitrogens with zero attached hydrogens (tertiary/aromatic N) is 1. The first-order valence-electron chi connectivity index (χ1n) is 7.46. The fraction of sp³-hybridized carbons (Fsp3) is 0.0588. The van der Waals surface area contributed by atoms with Crippen LogP contribution >= 0.6 is 43.6 Å². The van der Waals surface area contributed by atoms with E-state index in [0.29, 0.717) is 14.5 Å². The standard InChI is InChI=1S/C17H12Br2N2O4S2/c1-9-2-4-12(5-3-9)27(24,25)21-17-20-16(23)14(26-17)7-10-6-11(18)8-13(19)15(10)22/h2-8,22H,1H3,(H,20,21,23)/b14-7+. The van der Waals surface area contributed by atoms with Gasteiger partial charge in [-0.3, -0.25) is 10.1 Å². The van der Waals surface area contributed by atoms with Crippen LogP contribution in [0.3, 0.4) is 0 Å². The fourth-order valence-corrected chi connectivity index (χ4v) is 5.41. The van der Waals surface area contributed by atoms with E-state index in [9.17, 15) is 18.3 Å². The topological polar surface area (TPSA) is 95.8 Å². The zero-order valence-corrected chi connectivity index (χ0v) is 18.5. The Balaban J connectivity index is 1.91. The highest BCUT2D eigenvalue weighted by Crippen LogP contribution is 2.35. The number of rotatable bonds is 3. The third-order valence-corrected chi connectivity index (χ3v) is 6.90. The summed E-state index contributed by atoms with van der Waals surface area (Å²) in [6.07, 6.45) is 1.46. The summed E-state index contributed by atoms with van der Waals surface area (Å²) in [6.45, 7) is 1.85. The van der Waals surface area contributed by atoms with Gasteiger partial charge in [0.05, 0.1) is 14.3 Å². The number of phenols is 1. The van der Waals surface area contributed by atoms with Gasteiger partial charge in [-0.15, -0.1) is 4.40 Å². The molecule has 0 aromatic heterocycles. The summed E-state index contributed by atoms with van der Waals surface area (Å²) in [5, 5.41) is 12.5. The Labute approximate surface area is 177 Å². The second-order valence-electron chi connectivity index (χ2n) is 5.57. The van der Waals surface area contributed by atoms with E-state index in [4.69, 9.17) is 0 Å². The Morgan fingerprint density at radius 2 is 1.85 bits per heavy atom. The minimum Gasteiger partial charge on any atom is -0.506 e. The molecular formula is C17H12Br2N2O4S2. The lowest BCUT2D eigenvalue weighted by molar-refractivity contribution is -0.115. The Hall–Kier alpha value is -1.62. The summed E-state index contributed by atoms with van der Waals surface area (Å²) >= 11 is 7.43. The summed E-state index contributed by atoms with van der Waals surface area (Å²) in [6, 6.07) is 9.58. The molecule has 0 atom stereocenters. The first kappa shape index (κ1) is 20.1. The largest absolute Gasteiger partial charge is 0.506 e. The lowest BCUT2D eigenvalue weighted by atomic mass is 10.2. The number of hydrogen-bond acceptors (Lipinski definition) is 5. The van der Waals surface area contributed by atoms with E-state index in [1.807, 2.05) is 6.92 Å². The van der Waals surface area contributed by atoms with Crippen molar-refractivity contribution in [3.8, 4) is 5.75 Å². The molecule has 3 rings (SSSR count). The molecule has 0 bridgehead atoms. The van der Waals surface area contributed by atoms with Crippen LogP contribution in [-0.4, -0.2) is 24.6 Å². The number of sulfonamides is 1. The molecule has 0 radical (unpaired) electrons. The molecule has 0 saturated carbocycles. The van der Waals surface area contributed by atoms with Crippen molar-refractivity contribution in [1.29, 1.82) is 0 Å². The third-order valence-electron chi connectivity index (χ3n) is 3.52. The van der Waals surface area contributed by atoms with Crippen molar-refractivity contribution >= 4 is 70.8 Å². The normalized spacial score (nSPS) is 17.5. The molecule has 10 heteroatoms. The maximum absolute atomic E-state index is 12.4. The zero-order valence-electron chi connectivity index (χ0n) is 13.7. The van der Waals surface area contributed by atoms with Gasteiger partial charge in [0, 0.05) is 10.0 Å². The zero-order chi connectivity index (χ0) is 19.8. The van der Waals surface area contributed by atoms with E-state index in [0.717, 1.165) is 17.3 Å². The van der Waals surface area contributed by atoms with Crippen molar-refractivity contribution in [2.24, 2.45) is 4.40 Å². The molecule has 1 heterocycles. The van der Waals surface area contributed by atoms with Gasteiger partial charge in [-0.2, -0.15) is 8.42 Å². The quantitative estimate of drug-likeness (QED) is 0.579. The van der Waals surface area contributed by atoms with Crippen LogP contribution in [0.15, 0.2) is 59.5 Å². The molecule has 0 unspecified atom stereocenters. The van der Waals surface area contributed by atoms with Gasteiger partial charge < -0.3 is 5.11 Å². The Morgan fingerprint density at radius 3 is 2.52 bits per heavy atom. The molecule has 1 aliphatic heterocycles. The van der Waals surface area contributed by atoms with Crippen LogP contribution in [0, 0.1) is 6.92 Å². The van der Waals surface area contributed by atoms with Gasteiger partial charge in [0.25, 0.3) is 15.9 Å². The first-order chi connectivity index (χ1) is 12.7.